The van der Waals surface area contributed by atoms with E-state index in [4.69, 9.17) is 4.74 Å². The Morgan fingerprint density at radius 3 is 2.95 bits per heavy atom. The van der Waals surface area contributed by atoms with E-state index in [-0.39, 0.29) is 0 Å². The van der Waals surface area contributed by atoms with Gasteiger partial charge in [0, 0.05) is 12.6 Å². The molecule has 0 radical (unpaired) electrons. The van der Waals surface area contributed by atoms with E-state index in [2.05, 4.69) is 35.3 Å². The number of ether oxygens (including phenoxy) is 1. The maximum absolute atomic E-state index is 5.63. The lowest BCUT2D eigenvalue weighted by molar-refractivity contribution is 0.173. The third-order valence-corrected chi connectivity index (χ3v) is 4.26. The zero-order chi connectivity index (χ0) is 13.1. The van der Waals surface area contributed by atoms with Gasteiger partial charge in [0.25, 0.3) is 0 Å². The molecule has 0 amide bonds. The van der Waals surface area contributed by atoms with Gasteiger partial charge in [-0.25, -0.2) is 0 Å². The minimum absolute atomic E-state index is 0.642. The van der Waals surface area contributed by atoms with Gasteiger partial charge in [0.2, 0.25) is 0 Å². The monoisotopic (exact) mass is 260 g/mol. The summed E-state index contributed by atoms with van der Waals surface area (Å²) in [5, 5.41) is 3.42. The van der Waals surface area contributed by atoms with E-state index in [0.29, 0.717) is 6.04 Å². The summed E-state index contributed by atoms with van der Waals surface area (Å²) in [6, 6.07) is 7.23. The van der Waals surface area contributed by atoms with Crippen molar-refractivity contribution in [1.29, 1.82) is 0 Å². The molecule has 1 aromatic rings. The van der Waals surface area contributed by atoms with E-state index in [1.807, 2.05) is 0 Å². The van der Waals surface area contributed by atoms with Gasteiger partial charge in [-0.2, -0.15) is 0 Å². The number of nitrogens with zero attached hydrogens (tertiary/aromatic N) is 1. The highest BCUT2D eigenvalue weighted by atomic mass is 16.5. The first-order chi connectivity index (χ1) is 9.33. The lowest BCUT2D eigenvalue weighted by Gasteiger charge is -2.32. The average Bonchev–Trinajstić information content (AvgIpc) is 2.48. The van der Waals surface area contributed by atoms with Crippen molar-refractivity contribution in [3.8, 4) is 5.75 Å². The standard InChI is InChI=1S/C16H24N2O/c1-13(18-8-3-2-4-9-18)11-14-5-6-16-15(12-14)17-7-10-19-16/h5-6,12-13,17H,2-4,7-11H2,1H3. The van der Waals surface area contributed by atoms with E-state index >= 15 is 0 Å². The van der Waals surface area contributed by atoms with Crippen LogP contribution in [0.25, 0.3) is 0 Å². The van der Waals surface area contributed by atoms with Gasteiger partial charge in [0.1, 0.15) is 12.4 Å². The van der Waals surface area contributed by atoms with E-state index in [1.165, 1.54) is 37.9 Å². The van der Waals surface area contributed by atoms with Crippen molar-refractivity contribution in [1.82, 2.24) is 4.90 Å². The van der Waals surface area contributed by atoms with Gasteiger partial charge in [0.15, 0.2) is 0 Å². The minimum Gasteiger partial charge on any atom is -0.490 e. The molecule has 0 spiro atoms. The molecule has 2 heterocycles. The smallest absolute Gasteiger partial charge is 0.142 e. The maximum Gasteiger partial charge on any atom is 0.142 e. The van der Waals surface area contributed by atoms with Crippen LogP contribution in [0.3, 0.4) is 0 Å². The molecule has 1 unspecified atom stereocenters. The number of fused-ring (bicyclic) bond motifs is 1. The van der Waals surface area contributed by atoms with Gasteiger partial charge in [-0.05, 0) is 57.0 Å². The Labute approximate surface area is 115 Å². The molecule has 19 heavy (non-hydrogen) atoms. The molecule has 1 fully saturated rings. The first kappa shape index (κ1) is 12.8. The Balaban J connectivity index is 1.65. The van der Waals surface area contributed by atoms with Crippen LogP contribution in [-0.2, 0) is 6.42 Å². The molecule has 3 rings (SSSR count). The summed E-state index contributed by atoms with van der Waals surface area (Å²) in [5.41, 5.74) is 2.57. The van der Waals surface area contributed by atoms with Gasteiger partial charge < -0.3 is 15.0 Å². The highest BCUT2D eigenvalue weighted by molar-refractivity contribution is 5.59. The second-order valence-electron chi connectivity index (χ2n) is 5.76. The third kappa shape index (κ3) is 3.03. The molecular formula is C16H24N2O. The van der Waals surface area contributed by atoms with Crippen LogP contribution < -0.4 is 10.1 Å². The Morgan fingerprint density at radius 2 is 2.11 bits per heavy atom. The Bertz CT molecular complexity index is 427. The highest BCUT2D eigenvalue weighted by Crippen LogP contribution is 2.29. The molecule has 1 aromatic carbocycles. The van der Waals surface area contributed by atoms with Crippen LogP contribution in [0.1, 0.15) is 31.7 Å². The normalized spacial score (nSPS) is 21.1. The fraction of sp³-hybridized carbons (Fsp3) is 0.625. The Morgan fingerprint density at radius 1 is 1.26 bits per heavy atom. The van der Waals surface area contributed by atoms with E-state index < -0.39 is 0 Å². The summed E-state index contributed by atoms with van der Waals surface area (Å²) in [6.07, 6.45) is 5.27. The fourth-order valence-corrected chi connectivity index (χ4v) is 3.14. The topological polar surface area (TPSA) is 24.5 Å². The molecule has 1 N–H and O–H groups in total. The van der Waals surface area contributed by atoms with Gasteiger partial charge in [-0.15, -0.1) is 0 Å². The van der Waals surface area contributed by atoms with E-state index in [0.717, 1.165) is 31.0 Å². The van der Waals surface area contributed by atoms with Crippen molar-refractivity contribution in [2.75, 3.05) is 31.6 Å². The summed E-state index contributed by atoms with van der Waals surface area (Å²) in [7, 11) is 0. The van der Waals surface area contributed by atoms with Crippen molar-refractivity contribution in [2.45, 2.75) is 38.6 Å². The van der Waals surface area contributed by atoms with E-state index in [9.17, 15) is 0 Å². The number of hydrogen-bond acceptors (Lipinski definition) is 3. The Hall–Kier alpha value is -1.22. The van der Waals surface area contributed by atoms with Crippen LogP contribution in [0.5, 0.6) is 5.75 Å². The predicted molar refractivity (Wildman–Crippen MR) is 79.0 cm³/mol. The fourth-order valence-electron chi connectivity index (χ4n) is 3.14. The number of hydrogen-bond donors (Lipinski definition) is 1. The van der Waals surface area contributed by atoms with E-state index in [1.54, 1.807) is 0 Å². The SMILES string of the molecule is CC(Cc1ccc2c(c1)NCCO2)N1CCCCC1. The summed E-state index contributed by atoms with van der Waals surface area (Å²) >= 11 is 0. The predicted octanol–water partition coefficient (Wildman–Crippen LogP) is 2.91. The number of likely N-dealkylation sites (tertiary alicyclic amines) is 1. The molecule has 1 saturated heterocycles. The molecule has 3 nitrogen and oxygen atoms in total. The average molecular weight is 260 g/mol. The largest absolute Gasteiger partial charge is 0.490 e. The molecule has 2 aliphatic rings. The summed E-state index contributed by atoms with van der Waals surface area (Å²) in [5.74, 6) is 1.00. The lowest BCUT2D eigenvalue weighted by atomic mass is 10.0. The maximum atomic E-state index is 5.63. The van der Waals surface area contributed by atoms with Crippen LogP contribution in [0.15, 0.2) is 18.2 Å². The van der Waals surface area contributed by atoms with Crippen LogP contribution in [0.4, 0.5) is 5.69 Å². The van der Waals surface area contributed by atoms with Crippen molar-refractivity contribution in [2.24, 2.45) is 0 Å². The number of anilines is 1. The third-order valence-electron chi connectivity index (χ3n) is 4.26. The molecule has 1 atom stereocenters. The minimum atomic E-state index is 0.642. The van der Waals surface area contributed by atoms with Crippen molar-refractivity contribution in [3.05, 3.63) is 23.8 Å². The van der Waals surface area contributed by atoms with Crippen LogP contribution in [0, 0.1) is 0 Å². The summed E-state index contributed by atoms with van der Waals surface area (Å²) in [4.78, 5) is 2.63. The lowest BCUT2D eigenvalue weighted by Crippen LogP contribution is -2.38. The molecule has 0 bridgehead atoms. The first-order valence-electron chi connectivity index (χ1n) is 7.56. The van der Waals surface area contributed by atoms with Gasteiger partial charge in [-0.1, -0.05) is 12.5 Å². The van der Waals surface area contributed by atoms with Gasteiger partial charge in [-0.3, -0.25) is 0 Å². The van der Waals surface area contributed by atoms with Crippen molar-refractivity contribution >= 4 is 5.69 Å². The second-order valence-corrected chi connectivity index (χ2v) is 5.76. The number of rotatable bonds is 3. The molecule has 0 aliphatic carbocycles. The van der Waals surface area contributed by atoms with Crippen molar-refractivity contribution < 1.29 is 4.74 Å². The van der Waals surface area contributed by atoms with Gasteiger partial charge >= 0.3 is 0 Å². The molecule has 3 heteroatoms. The molecular weight excluding hydrogens is 236 g/mol. The second kappa shape index (κ2) is 5.83. The zero-order valence-corrected chi connectivity index (χ0v) is 11.8. The quantitative estimate of drug-likeness (QED) is 0.904. The molecule has 0 saturated carbocycles. The van der Waals surface area contributed by atoms with Gasteiger partial charge in [0.05, 0.1) is 5.69 Å². The molecule has 2 aliphatic heterocycles. The van der Waals surface area contributed by atoms with Crippen LogP contribution in [-0.4, -0.2) is 37.2 Å². The molecule has 104 valence electrons. The number of benzene rings is 1. The van der Waals surface area contributed by atoms with Crippen molar-refractivity contribution in [3.63, 3.8) is 0 Å². The number of nitrogens with one attached hydrogen (secondary N) is 1. The number of piperidine rings is 1. The van der Waals surface area contributed by atoms with Crippen LogP contribution >= 0.6 is 0 Å². The summed E-state index contributed by atoms with van der Waals surface area (Å²) in [6.45, 7) is 6.59. The molecule has 0 aromatic heterocycles. The van der Waals surface area contributed by atoms with Crippen LogP contribution in [0.2, 0.25) is 0 Å². The highest BCUT2D eigenvalue weighted by Gasteiger charge is 2.18. The summed E-state index contributed by atoms with van der Waals surface area (Å²) < 4.78 is 5.63. The first-order valence-corrected chi connectivity index (χ1v) is 7.56. The Kier molecular flexibility index (Phi) is 3.92. The zero-order valence-electron chi connectivity index (χ0n) is 11.8.